The first-order valence-corrected chi connectivity index (χ1v) is 7.21. The van der Waals surface area contributed by atoms with Crippen molar-refractivity contribution in [1.29, 1.82) is 0 Å². The zero-order chi connectivity index (χ0) is 13.8. The van der Waals surface area contributed by atoms with Crippen LogP contribution in [0.3, 0.4) is 0 Å². The molecule has 0 bridgehead atoms. The number of hydrogen-bond acceptors (Lipinski definition) is 2. The third kappa shape index (κ3) is 3.54. The van der Waals surface area contributed by atoms with Crippen molar-refractivity contribution in [2.24, 2.45) is 5.92 Å². The molecule has 1 aromatic carbocycles. The molecule has 5 heteroatoms. The molecule has 1 heterocycles. The summed E-state index contributed by atoms with van der Waals surface area (Å²) < 4.78 is 18.9. The fourth-order valence-corrected chi connectivity index (χ4v) is 2.74. The monoisotopic (exact) mass is 329 g/mol. The van der Waals surface area contributed by atoms with E-state index >= 15 is 0 Å². The fourth-order valence-electron chi connectivity index (χ4n) is 2.30. The third-order valence-corrected chi connectivity index (χ3v) is 4.33. The number of nitrogens with one attached hydrogen (secondary N) is 1. The zero-order valence-electron chi connectivity index (χ0n) is 10.8. The Balaban J connectivity index is 2.02. The summed E-state index contributed by atoms with van der Waals surface area (Å²) in [6, 6.07) is 4.53. The van der Waals surface area contributed by atoms with E-state index in [0.717, 1.165) is 26.1 Å². The quantitative estimate of drug-likeness (QED) is 0.925. The number of benzene rings is 1. The number of halogens is 2. The van der Waals surface area contributed by atoms with Gasteiger partial charge in [-0.25, -0.2) is 4.39 Å². The fraction of sp³-hybridized carbons (Fsp3) is 0.500. The average molecular weight is 330 g/mol. The first-order valence-electron chi connectivity index (χ1n) is 6.42. The topological polar surface area (TPSA) is 38.3 Å². The van der Waals surface area contributed by atoms with Gasteiger partial charge in [0.15, 0.2) is 0 Å². The maximum atomic E-state index is 13.4. The highest BCUT2D eigenvalue weighted by Gasteiger charge is 2.23. The van der Waals surface area contributed by atoms with Gasteiger partial charge in [-0.2, -0.15) is 0 Å². The Kier molecular flexibility index (Phi) is 4.93. The SMILES string of the molecule is CC(NC(=O)c1cccc(F)c1Br)C1CCOCC1. The number of carbonyl (C=O) groups excluding carboxylic acids is 1. The molecule has 3 nitrogen and oxygen atoms in total. The molecule has 1 N–H and O–H groups in total. The molecule has 1 fully saturated rings. The van der Waals surface area contributed by atoms with Gasteiger partial charge in [-0.15, -0.1) is 0 Å². The summed E-state index contributed by atoms with van der Waals surface area (Å²) in [4.78, 5) is 12.1. The van der Waals surface area contributed by atoms with E-state index in [1.807, 2.05) is 6.92 Å². The van der Waals surface area contributed by atoms with Gasteiger partial charge in [-0.1, -0.05) is 6.07 Å². The van der Waals surface area contributed by atoms with Crippen molar-refractivity contribution in [2.75, 3.05) is 13.2 Å². The van der Waals surface area contributed by atoms with Gasteiger partial charge >= 0.3 is 0 Å². The lowest BCUT2D eigenvalue weighted by Gasteiger charge is -2.28. The van der Waals surface area contributed by atoms with Crippen LogP contribution in [0.4, 0.5) is 4.39 Å². The lowest BCUT2D eigenvalue weighted by Crippen LogP contribution is -2.40. The number of carbonyl (C=O) groups is 1. The van der Waals surface area contributed by atoms with Gasteiger partial charge in [0.2, 0.25) is 0 Å². The van der Waals surface area contributed by atoms with E-state index < -0.39 is 5.82 Å². The minimum atomic E-state index is -0.425. The third-order valence-electron chi connectivity index (χ3n) is 3.53. The van der Waals surface area contributed by atoms with Crippen LogP contribution in [-0.2, 0) is 4.74 Å². The molecule has 1 amide bonds. The summed E-state index contributed by atoms with van der Waals surface area (Å²) in [6.07, 6.45) is 1.90. The highest BCUT2D eigenvalue weighted by atomic mass is 79.9. The van der Waals surface area contributed by atoms with Gasteiger partial charge in [0.25, 0.3) is 5.91 Å². The Labute approximate surface area is 120 Å². The maximum Gasteiger partial charge on any atom is 0.252 e. The number of ether oxygens (including phenoxy) is 1. The van der Waals surface area contributed by atoms with Gasteiger partial charge in [0.1, 0.15) is 5.82 Å². The molecule has 0 spiro atoms. The van der Waals surface area contributed by atoms with Gasteiger partial charge in [0.05, 0.1) is 10.0 Å². The summed E-state index contributed by atoms with van der Waals surface area (Å²) in [5, 5.41) is 2.94. The van der Waals surface area contributed by atoms with Gasteiger partial charge < -0.3 is 10.1 Å². The van der Waals surface area contributed by atoms with E-state index in [-0.39, 0.29) is 16.4 Å². The Bertz CT molecular complexity index is 461. The Morgan fingerprint density at radius 3 is 2.84 bits per heavy atom. The Morgan fingerprint density at radius 2 is 2.16 bits per heavy atom. The normalized spacial score (nSPS) is 18.1. The van der Waals surface area contributed by atoms with Crippen molar-refractivity contribution in [1.82, 2.24) is 5.32 Å². The Morgan fingerprint density at radius 1 is 1.47 bits per heavy atom. The summed E-state index contributed by atoms with van der Waals surface area (Å²) in [6.45, 7) is 3.48. The molecular weight excluding hydrogens is 313 g/mol. The number of rotatable bonds is 3. The molecule has 19 heavy (non-hydrogen) atoms. The van der Waals surface area contributed by atoms with Crippen LogP contribution in [0.25, 0.3) is 0 Å². The van der Waals surface area contributed by atoms with Crippen LogP contribution in [0.15, 0.2) is 22.7 Å². The van der Waals surface area contributed by atoms with E-state index in [0.29, 0.717) is 11.5 Å². The average Bonchev–Trinajstić information content (AvgIpc) is 2.42. The van der Waals surface area contributed by atoms with E-state index in [4.69, 9.17) is 4.74 Å². The summed E-state index contributed by atoms with van der Waals surface area (Å²) in [5.74, 6) is -0.248. The molecule has 0 aliphatic carbocycles. The molecule has 1 saturated heterocycles. The first kappa shape index (κ1) is 14.5. The molecule has 0 radical (unpaired) electrons. The molecule has 1 aliphatic heterocycles. The molecule has 1 atom stereocenters. The van der Waals surface area contributed by atoms with Crippen molar-refractivity contribution in [3.05, 3.63) is 34.1 Å². The predicted molar refractivity (Wildman–Crippen MR) is 74.6 cm³/mol. The van der Waals surface area contributed by atoms with Crippen molar-refractivity contribution < 1.29 is 13.9 Å². The van der Waals surface area contributed by atoms with Crippen LogP contribution in [0.5, 0.6) is 0 Å². The van der Waals surface area contributed by atoms with Crippen LogP contribution >= 0.6 is 15.9 Å². The van der Waals surface area contributed by atoms with Gasteiger partial charge in [-0.05, 0) is 53.7 Å². The smallest absolute Gasteiger partial charge is 0.252 e. The van der Waals surface area contributed by atoms with Crippen LogP contribution in [-0.4, -0.2) is 25.2 Å². The molecule has 1 aromatic rings. The lowest BCUT2D eigenvalue weighted by molar-refractivity contribution is 0.0538. The highest BCUT2D eigenvalue weighted by molar-refractivity contribution is 9.10. The van der Waals surface area contributed by atoms with E-state index in [9.17, 15) is 9.18 Å². The van der Waals surface area contributed by atoms with E-state index in [1.165, 1.54) is 12.1 Å². The molecule has 0 aromatic heterocycles. The van der Waals surface area contributed by atoms with E-state index in [1.54, 1.807) is 6.07 Å². The molecule has 0 saturated carbocycles. The minimum Gasteiger partial charge on any atom is -0.381 e. The number of amides is 1. The van der Waals surface area contributed by atoms with Crippen LogP contribution in [0, 0.1) is 11.7 Å². The number of hydrogen-bond donors (Lipinski definition) is 1. The standard InChI is InChI=1S/C14H17BrFNO2/c1-9(10-5-7-19-8-6-10)17-14(18)11-3-2-4-12(16)13(11)15/h2-4,9-10H,5-8H2,1H3,(H,17,18). The van der Waals surface area contributed by atoms with Crippen molar-refractivity contribution >= 4 is 21.8 Å². The van der Waals surface area contributed by atoms with Crippen LogP contribution < -0.4 is 5.32 Å². The Hall–Kier alpha value is -0.940. The second-order valence-electron chi connectivity index (χ2n) is 4.81. The van der Waals surface area contributed by atoms with E-state index in [2.05, 4.69) is 21.2 Å². The molecule has 1 unspecified atom stereocenters. The summed E-state index contributed by atoms with van der Waals surface area (Å²) in [5.41, 5.74) is 0.332. The molecule has 104 valence electrons. The van der Waals surface area contributed by atoms with Crippen LogP contribution in [0.2, 0.25) is 0 Å². The second kappa shape index (κ2) is 6.48. The van der Waals surface area contributed by atoms with Gasteiger partial charge in [0, 0.05) is 19.3 Å². The van der Waals surface area contributed by atoms with Crippen LogP contribution in [0.1, 0.15) is 30.1 Å². The molecular formula is C14H17BrFNO2. The van der Waals surface area contributed by atoms with Crippen molar-refractivity contribution in [3.8, 4) is 0 Å². The van der Waals surface area contributed by atoms with Crippen molar-refractivity contribution in [2.45, 2.75) is 25.8 Å². The summed E-state index contributed by atoms with van der Waals surface area (Å²) >= 11 is 3.11. The largest absolute Gasteiger partial charge is 0.381 e. The second-order valence-corrected chi connectivity index (χ2v) is 5.61. The highest BCUT2D eigenvalue weighted by Crippen LogP contribution is 2.22. The first-order chi connectivity index (χ1) is 9.09. The molecule has 1 aliphatic rings. The maximum absolute atomic E-state index is 13.4. The van der Waals surface area contributed by atoms with Gasteiger partial charge in [-0.3, -0.25) is 4.79 Å². The molecule has 2 rings (SSSR count). The predicted octanol–water partition coefficient (Wildman–Crippen LogP) is 3.13. The summed E-state index contributed by atoms with van der Waals surface area (Å²) in [7, 11) is 0. The van der Waals surface area contributed by atoms with Crippen molar-refractivity contribution in [3.63, 3.8) is 0 Å². The zero-order valence-corrected chi connectivity index (χ0v) is 12.4. The lowest BCUT2D eigenvalue weighted by atomic mass is 9.93. The minimum absolute atomic E-state index is 0.0616.